The first-order valence-electron chi connectivity index (χ1n) is 11.2. The number of thioether (sulfide) groups is 2. The van der Waals surface area contributed by atoms with Gasteiger partial charge < -0.3 is 24.3 Å². The van der Waals surface area contributed by atoms with Gasteiger partial charge in [-0.3, -0.25) is 9.79 Å². The number of rotatable bonds is 13. The standard InChI is InChI=1S/C27H30N2O5S2/c1-6-35-21-13-7-18(8-14-21)25(34-20-11-9-19(31-3)10-12-20)27(30)29-17-36-26-23(33-5)16-15-22(32-4)24(26)28-2/h7-16,25H,2,6,17H2,1,3-5H3,(H,29,30). The summed E-state index contributed by atoms with van der Waals surface area (Å²) < 4.78 is 22.2. The van der Waals surface area contributed by atoms with E-state index in [9.17, 15) is 4.79 Å². The number of carbonyl (C=O) groups excluding carboxylic acids is 1. The van der Waals surface area contributed by atoms with Gasteiger partial charge >= 0.3 is 0 Å². The van der Waals surface area contributed by atoms with Crippen LogP contribution >= 0.6 is 23.5 Å². The molecule has 1 atom stereocenters. The van der Waals surface area contributed by atoms with Crippen LogP contribution in [-0.4, -0.2) is 45.6 Å². The summed E-state index contributed by atoms with van der Waals surface area (Å²) in [5, 5.41) is 2.96. The summed E-state index contributed by atoms with van der Waals surface area (Å²) in [4.78, 5) is 19.3. The topological polar surface area (TPSA) is 78.4 Å². The fraction of sp³-hybridized carbons (Fsp3) is 0.259. The predicted octanol–water partition coefficient (Wildman–Crippen LogP) is 6.14. The lowest BCUT2D eigenvalue weighted by Crippen LogP contribution is -2.32. The Bertz CT molecular complexity index is 1150. The summed E-state index contributed by atoms with van der Waals surface area (Å²) in [6, 6.07) is 18.5. The molecular weight excluding hydrogens is 496 g/mol. The molecule has 0 aliphatic carbocycles. The van der Waals surface area contributed by atoms with Crippen molar-refractivity contribution in [1.82, 2.24) is 5.32 Å². The van der Waals surface area contributed by atoms with Gasteiger partial charge in [0.2, 0.25) is 6.10 Å². The van der Waals surface area contributed by atoms with Gasteiger partial charge in [0.15, 0.2) is 0 Å². The number of ether oxygens (including phenoxy) is 4. The molecule has 0 spiro atoms. The first-order chi connectivity index (χ1) is 17.5. The molecule has 0 bridgehead atoms. The maximum Gasteiger partial charge on any atom is 0.266 e. The molecule has 0 radical (unpaired) electrons. The second kappa shape index (κ2) is 13.7. The number of methoxy groups -OCH3 is 3. The van der Waals surface area contributed by atoms with E-state index in [2.05, 4.69) is 24.0 Å². The highest BCUT2D eigenvalue weighted by molar-refractivity contribution is 7.99. The van der Waals surface area contributed by atoms with Crippen LogP contribution in [0.25, 0.3) is 0 Å². The fourth-order valence-electron chi connectivity index (χ4n) is 3.39. The van der Waals surface area contributed by atoms with Gasteiger partial charge in [-0.25, -0.2) is 0 Å². The maximum atomic E-state index is 13.3. The van der Waals surface area contributed by atoms with Crippen LogP contribution in [0.5, 0.6) is 23.0 Å². The Hall–Kier alpha value is -3.30. The zero-order valence-corrected chi connectivity index (χ0v) is 22.4. The molecule has 0 fully saturated rings. The van der Waals surface area contributed by atoms with Gasteiger partial charge in [0, 0.05) is 10.5 Å². The van der Waals surface area contributed by atoms with Crippen molar-refractivity contribution < 1.29 is 23.7 Å². The molecule has 0 aromatic heterocycles. The molecule has 0 saturated carbocycles. The highest BCUT2D eigenvalue weighted by Gasteiger charge is 2.23. The minimum atomic E-state index is -0.844. The highest BCUT2D eigenvalue weighted by Crippen LogP contribution is 2.43. The lowest BCUT2D eigenvalue weighted by molar-refractivity contribution is -0.127. The highest BCUT2D eigenvalue weighted by atomic mass is 32.2. The largest absolute Gasteiger partial charge is 0.497 e. The summed E-state index contributed by atoms with van der Waals surface area (Å²) in [6.07, 6.45) is -0.844. The third-order valence-corrected chi connectivity index (χ3v) is 7.03. The van der Waals surface area contributed by atoms with Crippen molar-refractivity contribution in [2.75, 3.05) is 33.0 Å². The van der Waals surface area contributed by atoms with E-state index >= 15 is 0 Å². The van der Waals surface area contributed by atoms with Crippen LogP contribution in [0, 0.1) is 0 Å². The Balaban J connectivity index is 1.79. The van der Waals surface area contributed by atoms with E-state index < -0.39 is 6.10 Å². The zero-order chi connectivity index (χ0) is 25.9. The van der Waals surface area contributed by atoms with Crippen molar-refractivity contribution in [3.8, 4) is 23.0 Å². The molecule has 3 rings (SSSR count). The monoisotopic (exact) mass is 526 g/mol. The summed E-state index contributed by atoms with van der Waals surface area (Å²) in [7, 11) is 4.75. The Morgan fingerprint density at radius 2 is 1.53 bits per heavy atom. The van der Waals surface area contributed by atoms with Crippen molar-refractivity contribution in [2.24, 2.45) is 4.99 Å². The van der Waals surface area contributed by atoms with Crippen LogP contribution in [0.1, 0.15) is 18.6 Å². The average Bonchev–Trinajstić information content (AvgIpc) is 2.92. The van der Waals surface area contributed by atoms with Gasteiger partial charge in [-0.05, 0) is 61.0 Å². The molecule has 9 heteroatoms. The second-order valence-electron chi connectivity index (χ2n) is 7.31. The average molecular weight is 527 g/mol. The number of benzene rings is 3. The van der Waals surface area contributed by atoms with Crippen LogP contribution in [-0.2, 0) is 4.79 Å². The van der Waals surface area contributed by atoms with Crippen molar-refractivity contribution in [1.29, 1.82) is 0 Å². The van der Waals surface area contributed by atoms with Crippen molar-refractivity contribution >= 4 is 41.8 Å². The molecule has 190 valence electrons. The van der Waals surface area contributed by atoms with Gasteiger partial charge in [-0.1, -0.05) is 30.8 Å². The third-order valence-electron chi connectivity index (χ3n) is 5.16. The van der Waals surface area contributed by atoms with Gasteiger partial charge in [-0.2, -0.15) is 0 Å². The molecule has 0 aliphatic rings. The number of carbonyl (C=O) groups is 1. The fourth-order valence-corrected chi connectivity index (χ4v) is 5.01. The van der Waals surface area contributed by atoms with Gasteiger partial charge in [0.25, 0.3) is 5.91 Å². The molecule has 0 heterocycles. The predicted molar refractivity (Wildman–Crippen MR) is 147 cm³/mol. The van der Waals surface area contributed by atoms with Gasteiger partial charge in [-0.15, -0.1) is 11.8 Å². The molecule has 0 aliphatic heterocycles. The molecule has 3 aromatic carbocycles. The first-order valence-corrected chi connectivity index (χ1v) is 13.2. The van der Waals surface area contributed by atoms with E-state index in [0.717, 1.165) is 21.1 Å². The van der Waals surface area contributed by atoms with E-state index in [1.54, 1.807) is 69.5 Å². The Morgan fingerprint density at radius 1 is 0.889 bits per heavy atom. The van der Waals surface area contributed by atoms with Gasteiger partial charge in [0.1, 0.15) is 28.7 Å². The number of hydrogen-bond acceptors (Lipinski definition) is 8. The lowest BCUT2D eigenvalue weighted by atomic mass is 10.1. The van der Waals surface area contributed by atoms with Crippen molar-refractivity contribution in [3.05, 3.63) is 66.2 Å². The summed E-state index contributed by atoms with van der Waals surface area (Å²) in [5.74, 6) is 3.42. The van der Waals surface area contributed by atoms with E-state index in [0.29, 0.717) is 28.7 Å². The van der Waals surface area contributed by atoms with Crippen LogP contribution in [0.15, 0.2) is 75.4 Å². The van der Waals surface area contributed by atoms with Gasteiger partial charge in [0.05, 0.1) is 32.1 Å². The molecule has 3 aromatic rings. The van der Waals surface area contributed by atoms with Crippen LogP contribution in [0.2, 0.25) is 0 Å². The Kier molecular flexibility index (Phi) is 10.4. The quantitative estimate of drug-likeness (QED) is 0.163. The molecule has 0 saturated heterocycles. The maximum absolute atomic E-state index is 13.3. The van der Waals surface area contributed by atoms with E-state index in [-0.39, 0.29) is 11.8 Å². The van der Waals surface area contributed by atoms with Crippen LogP contribution in [0.4, 0.5) is 5.69 Å². The minimum absolute atomic E-state index is 0.261. The molecule has 1 N–H and O–H groups in total. The number of nitrogens with one attached hydrogen (secondary N) is 1. The van der Waals surface area contributed by atoms with Crippen molar-refractivity contribution in [3.63, 3.8) is 0 Å². The Morgan fingerprint density at radius 3 is 2.11 bits per heavy atom. The Labute approximate surface area is 220 Å². The second-order valence-corrected chi connectivity index (χ2v) is 9.63. The SMILES string of the molecule is C=Nc1c(OC)ccc(OC)c1SCNC(=O)C(Oc1ccc(OC)cc1)c1ccc(SCC)cc1. The summed E-state index contributed by atoms with van der Waals surface area (Å²) >= 11 is 3.11. The normalized spacial score (nSPS) is 11.3. The third kappa shape index (κ3) is 6.89. The number of aliphatic imine (C=N–C) groups is 1. The number of nitrogens with zero attached hydrogens (tertiary/aromatic N) is 1. The molecule has 7 nitrogen and oxygen atoms in total. The molecule has 1 unspecified atom stereocenters. The lowest BCUT2D eigenvalue weighted by Gasteiger charge is -2.20. The molecule has 36 heavy (non-hydrogen) atoms. The van der Waals surface area contributed by atoms with Crippen LogP contribution in [0.3, 0.4) is 0 Å². The summed E-state index contributed by atoms with van der Waals surface area (Å²) in [5.41, 5.74) is 1.31. The molecular formula is C27H30N2O5S2. The smallest absolute Gasteiger partial charge is 0.266 e. The first kappa shape index (κ1) is 27.3. The van der Waals surface area contributed by atoms with Crippen molar-refractivity contribution in [2.45, 2.75) is 22.8 Å². The van der Waals surface area contributed by atoms with Crippen LogP contribution < -0.4 is 24.3 Å². The van der Waals surface area contributed by atoms with E-state index in [4.69, 9.17) is 18.9 Å². The summed E-state index contributed by atoms with van der Waals surface area (Å²) in [6.45, 7) is 5.75. The van der Waals surface area contributed by atoms with E-state index in [1.807, 2.05) is 24.3 Å². The zero-order valence-electron chi connectivity index (χ0n) is 20.8. The minimum Gasteiger partial charge on any atom is -0.497 e. The van der Waals surface area contributed by atoms with E-state index in [1.165, 1.54) is 11.8 Å². The number of amides is 1. The number of hydrogen-bond donors (Lipinski definition) is 1. The molecule has 1 amide bonds.